The number of carbonyl (C=O) groups excluding carboxylic acids is 3. The standard InChI is InChI=1S/C19H18N2O4S/c1-25-19(24)13-4-2-12(3-5-13)8-9-20-18(23)14-6-7-16-15(10-14)21-17(22)11-26-16/h2-7,10H,8-9,11H2,1H3,(H,20,23)(H,21,22). The largest absolute Gasteiger partial charge is 0.465 e. The zero-order chi connectivity index (χ0) is 18.5. The van der Waals surface area contributed by atoms with Gasteiger partial charge in [-0.2, -0.15) is 0 Å². The molecule has 0 fully saturated rings. The summed E-state index contributed by atoms with van der Waals surface area (Å²) < 4.78 is 4.66. The van der Waals surface area contributed by atoms with Gasteiger partial charge in [0.2, 0.25) is 5.91 Å². The maximum Gasteiger partial charge on any atom is 0.337 e. The van der Waals surface area contributed by atoms with Crippen molar-refractivity contribution in [2.45, 2.75) is 11.3 Å². The number of rotatable bonds is 5. The quantitative estimate of drug-likeness (QED) is 0.790. The summed E-state index contributed by atoms with van der Waals surface area (Å²) in [6.07, 6.45) is 0.644. The lowest BCUT2D eigenvalue weighted by Gasteiger charge is -2.17. The molecule has 0 atom stereocenters. The summed E-state index contributed by atoms with van der Waals surface area (Å²) in [6.45, 7) is 0.467. The maximum absolute atomic E-state index is 12.3. The van der Waals surface area contributed by atoms with E-state index in [0.717, 1.165) is 10.5 Å². The molecule has 134 valence electrons. The molecule has 1 heterocycles. The van der Waals surface area contributed by atoms with Crippen LogP contribution in [-0.4, -0.2) is 37.2 Å². The summed E-state index contributed by atoms with van der Waals surface area (Å²) >= 11 is 1.46. The minimum atomic E-state index is -0.373. The van der Waals surface area contributed by atoms with Crippen LogP contribution in [0.1, 0.15) is 26.3 Å². The summed E-state index contributed by atoms with van der Waals surface area (Å²) in [5.41, 5.74) is 2.69. The molecule has 0 saturated heterocycles. The number of carbonyl (C=O) groups is 3. The lowest BCUT2D eigenvalue weighted by molar-refractivity contribution is -0.113. The number of hydrogen-bond acceptors (Lipinski definition) is 5. The van der Waals surface area contributed by atoms with Gasteiger partial charge in [-0.15, -0.1) is 11.8 Å². The minimum Gasteiger partial charge on any atom is -0.465 e. The second-order valence-electron chi connectivity index (χ2n) is 5.74. The second kappa shape index (κ2) is 8.05. The number of anilines is 1. The fraction of sp³-hybridized carbons (Fsp3) is 0.211. The number of hydrogen-bond donors (Lipinski definition) is 2. The third-order valence-corrected chi connectivity index (χ3v) is 5.02. The molecular weight excluding hydrogens is 352 g/mol. The molecule has 1 aliphatic rings. The number of benzene rings is 2. The third kappa shape index (κ3) is 4.23. The molecule has 2 aromatic carbocycles. The van der Waals surface area contributed by atoms with Crippen molar-refractivity contribution in [3.8, 4) is 0 Å². The Kier molecular flexibility index (Phi) is 5.58. The summed E-state index contributed by atoms with van der Waals surface area (Å²) in [6, 6.07) is 12.4. The molecule has 1 aliphatic heterocycles. The van der Waals surface area contributed by atoms with Gasteiger partial charge in [0.25, 0.3) is 5.91 Å². The van der Waals surface area contributed by atoms with Gasteiger partial charge in [-0.25, -0.2) is 4.79 Å². The highest BCUT2D eigenvalue weighted by atomic mass is 32.2. The molecular formula is C19H18N2O4S. The highest BCUT2D eigenvalue weighted by molar-refractivity contribution is 8.00. The molecule has 0 bridgehead atoms. The van der Waals surface area contributed by atoms with Crippen LogP contribution in [-0.2, 0) is 16.0 Å². The Balaban J connectivity index is 1.55. The van der Waals surface area contributed by atoms with E-state index < -0.39 is 0 Å². The minimum absolute atomic E-state index is 0.0598. The molecule has 0 aromatic heterocycles. The maximum atomic E-state index is 12.3. The normalized spacial score (nSPS) is 12.7. The molecule has 6 nitrogen and oxygen atoms in total. The van der Waals surface area contributed by atoms with Gasteiger partial charge in [-0.1, -0.05) is 12.1 Å². The van der Waals surface area contributed by atoms with Gasteiger partial charge in [0.05, 0.1) is 24.1 Å². The van der Waals surface area contributed by atoms with Gasteiger partial charge >= 0.3 is 5.97 Å². The van der Waals surface area contributed by atoms with E-state index in [1.54, 1.807) is 24.3 Å². The molecule has 0 radical (unpaired) electrons. The van der Waals surface area contributed by atoms with Crippen molar-refractivity contribution >= 4 is 35.2 Å². The van der Waals surface area contributed by atoms with Crippen molar-refractivity contribution in [1.82, 2.24) is 5.32 Å². The van der Waals surface area contributed by atoms with Crippen LogP contribution < -0.4 is 10.6 Å². The predicted octanol–water partition coefficient (Wildman–Crippen LogP) is 2.49. The zero-order valence-corrected chi connectivity index (χ0v) is 15.0. The Hall–Kier alpha value is -2.80. The van der Waals surface area contributed by atoms with Crippen LogP contribution in [0.2, 0.25) is 0 Å². The van der Waals surface area contributed by atoms with E-state index in [1.807, 2.05) is 18.2 Å². The van der Waals surface area contributed by atoms with Crippen LogP contribution in [0.25, 0.3) is 0 Å². The number of methoxy groups -OCH3 is 1. The van der Waals surface area contributed by atoms with Gasteiger partial charge in [-0.05, 0) is 42.3 Å². The van der Waals surface area contributed by atoms with Gasteiger partial charge in [-0.3, -0.25) is 9.59 Å². The lowest BCUT2D eigenvalue weighted by Crippen LogP contribution is -2.26. The molecule has 2 N–H and O–H groups in total. The first-order valence-electron chi connectivity index (χ1n) is 8.09. The molecule has 2 amide bonds. The van der Waals surface area contributed by atoms with Gasteiger partial charge in [0, 0.05) is 17.0 Å². The molecule has 0 aliphatic carbocycles. The molecule has 2 aromatic rings. The van der Waals surface area contributed by atoms with Crippen LogP contribution >= 0.6 is 11.8 Å². The molecule has 0 unspecified atom stereocenters. The van der Waals surface area contributed by atoms with Crippen molar-refractivity contribution in [2.75, 3.05) is 24.7 Å². The highest BCUT2D eigenvalue weighted by Crippen LogP contribution is 2.31. The lowest BCUT2D eigenvalue weighted by atomic mass is 10.1. The summed E-state index contributed by atoms with van der Waals surface area (Å²) in [7, 11) is 1.34. The molecule has 3 rings (SSSR count). The number of esters is 1. The van der Waals surface area contributed by atoms with Crippen molar-refractivity contribution in [3.05, 3.63) is 59.2 Å². The van der Waals surface area contributed by atoms with Crippen LogP contribution in [0.5, 0.6) is 0 Å². The summed E-state index contributed by atoms with van der Waals surface area (Å²) in [5, 5.41) is 5.64. The number of ether oxygens (including phenoxy) is 1. The van der Waals surface area contributed by atoms with Crippen LogP contribution in [0.15, 0.2) is 47.4 Å². The first kappa shape index (κ1) is 18.0. The van der Waals surface area contributed by atoms with Crippen LogP contribution in [0.3, 0.4) is 0 Å². The average Bonchev–Trinajstić information content (AvgIpc) is 2.67. The summed E-state index contributed by atoms with van der Waals surface area (Å²) in [4.78, 5) is 36.1. The number of nitrogens with one attached hydrogen (secondary N) is 2. The topological polar surface area (TPSA) is 84.5 Å². The van der Waals surface area contributed by atoms with Crippen molar-refractivity contribution < 1.29 is 19.1 Å². The highest BCUT2D eigenvalue weighted by Gasteiger charge is 2.17. The predicted molar refractivity (Wildman–Crippen MR) is 99.6 cm³/mol. The third-order valence-electron chi connectivity index (χ3n) is 3.95. The van der Waals surface area contributed by atoms with Crippen molar-refractivity contribution in [1.29, 1.82) is 0 Å². The smallest absolute Gasteiger partial charge is 0.337 e. The fourth-order valence-corrected chi connectivity index (χ4v) is 3.36. The van der Waals surface area contributed by atoms with Crippen LogP contribution in [0.4, 0.5) is 5.69 Å². The van der Waals surface area contributed by atoms with E-state index >= 15 is 0 Å². The van der Waals surface area contributed by atoms with Crippen molar-refractivity contribution in [2.24, 2.45) is 0 Å². The Morgan fingerprint density at radius 1 is 1.15 bits per heavy atom. The second-order valence-corrected chi connectivity index (χ2v) is 6.76. The van der Waals surface area contributed by atoms with Gasteiger partial charge in [0.15, 0.2) is 0 Å². The first-order valence-corrected chi connectivity index (χ1v) is 9.07. The van der Waals surface area contributed by atoms with Crippen LogP contribution in [0, 0.1) is 0 Å². The Morgan fingerprint density at radius 2 is 1.88 bits per heavy atom. The molecule has 0 saturated carbocycles. The SMILES string of the molecule is COC(=O)c1ccc(CCNC(=O)c2ccc3c(c2)NC(=O)CS3)cc1. The fourth-order valence-electron chi connectivity index (χ4n) is 2.57. The monoisotopic (exact) mass is 370 g/mol. The number of thioether (sulfide) groups is 1. The summed E-state index contributed by atoms with van der Waals surface area (Å²) in [5.74, 6) is -0.227. The number of fused-ring (bicyclic) bond motifs is 1. The van der Waals surface area contributed by atoms with Gasteiger partial charge in [0.1, 0.15) is 0 Å². The molecule has 0 spiro atoms. The first-order chi connectivity index (χ1) is 12.6. The Labute approximate surface area is 155 Å². The Morgan fingerprint density at radius 3 is 2.62 bits per heavy atom. The van der Waals surface area contributed by atoms with Crippen molar-refractivity contribution in [3.63, 3.8) is 0 Å². The zero-order valence-electron chi connectivity index (χ0n) is 14.2. The Bertz CT molecular complexity index is 849. The van der Waals surface area contributed by atoms with E-state index in [1.165, 1.54) is 18.9 Å². The van der Waals surface area contributed by atoms with Gasteiger partial charge < -0.3 is 15.4 Å². The number of amides is 2. The van der Waals surface area contributed by atoms with E-state index in [0.29, 0.717) is 35.5 Å². The average molecular weight is 370 g/mol. The van der Waals surface area contributed by atoms with E-state index in [-0.39, 0.29) is 17.8 Å². The van der Waals surface area contributed by atoms with E-state index in [2.05, 4.69) is 15.4 Å². The van der Waals surface area contributed by atoms with E-state index in [4.69, 9.17) is 0 Å². The van der Waals surface area contributed by atoms with E-state index in [9.17, 15) is 14.4 Å². The molecule has 26 heavy (non-hydrogen) atoms. The molecule has 7 heteroatoms.